The van der Waals surface area contributed by atoms with Crippen LogP contribution in [0, 0.1) is 13.8 Å². The first-order chi connectivity index (χ1) is 8.73. The highest BCUT2D eigenvalue weighted by Crippen LogP contribution is 2.45. The summed E-state index contributed by atoms with van der Waals surface area (Å²) in [5.41, 5.74) is 9.30. The Morgan fingerprint density at radius 1 is 1.32 bits per heavy atom. The van der Waals surface area contributed by atoms with E-state index in [1.807, 2.05) is 13.8 Å². The summed E-state index contributed by atoms with van der Waals surface area (Å²) in [6.45, 7) is 9.31. The van der Waals surface area contributed by atoms with Crippen LogP contribution in [0.1, 0.15) is 43.9 Å². The van der Waals surface area contributed by atoms with Crippen molar-refractivity contribution in [2.75, 3.05) is 5.73 Å². The Labute approximate surface area is 113 Å². The summed E-state index contributed by atoms with van der Waals surface area (Å²) >= 11 is 0. The van der Waals surface area contributed by atoms with E-state index >= 15 is 0 Å². The number of esters is 1. The fraction of sp³-hybridized carbons (Fsp3) is 0.533. The van der Waals surface area contributed by atoms with Gasteiger partial charge in [-0.05, 0) is 46.1 Å². The Balaban J connectivity index is 2.60. The molecule has 1 heterocycles. The van der Waals surface area contributed by atoms with Gasteiger partial charge in [-0.15, -0.1) is 0 Å². The van der Waals surface area contributed by atoms with Gasteiger partial charge in [-0.1, -0.05) is 0 Å². The Morgan fingerprint density at radius 3 is 2.53 bits per heavy atom. The lowest BCUT2D eigenvalue weighted by molar-refractivity contribution is -0.131. The SMILES string of the molecule is CC(=O)Oc1c(C)c(N)c2c(c1C)CCC(C)(C)O2. The van der Waals surface area contributed by atoms with E-state index in [1.165, 1.54) is 6.92 Å². The quantitative estimate of drug-likeness (QED) is 0.481. The third-order valence-corrected chi connectivity index (χ3v) is 3.66. The van der Waals surface area contributed by atoms with Crippen molar-refractivity contribution >= 4 is 11.7 Å². The average molecular weight is 263 g/mol. The molecular weight excluding hydrogens is 242 g/mol. The second-order valence-corrected chi connectivity index (χ2v) is 5.76. The molecule has 0 aliphatic carbocycles. The van der Waals surface area contributed by atoms with Gasteiger partial charge in [0, 0.05) is 18.1 Å². The first-order valence-electron chi connectivity index (χ1n) is 6.52. The molecule has 4 heteroatoms. The van der Waals surface area contributed by atoms with Gasteiger partial charge in [-0.2, -0.15) is 0 Å². The summed E-state index contributed by atoms with van der Waals surface area (Å²) in [5, 5.41) is 0. The lowest BCUT2D eigenvalue weighted by atomic mass is 9.89. The Hall–Kier alpha value is -1.71. The van der Waals surface area contributed by atoms with Crippen LogP contribution in [0.3, 0.4) is 0 Å². The number of carbonyl (C=O) groups excluding carboxylic acids is 1. The summed E-state index contributed by atoms with van der Waals surface area (Å²) in [5.74, 6) is 0.997. The van der Waals surface area contributed by atoms with Crippen molar-refractivity contribution in [2.45, 2.75) is 53.1 Å². The van der Waals surface area contributed by atoms with Crippen molar-refractivity contribution in [1.82, 2.24) is 0 Å². The monoisotopic (exact) mass is 263 g/mol. The van der Waals surface area contributed by atoms with Gasteiger partial charge < -0.3 is 15.2 Å². The van der Waals surface area contributed by atoms with Gasteiger partial charge in [0.25, 0.3) is 0 Å². The minimum absolute atomic E-state index is 0.205. The highest BCUT2D eigenvalue weighted by molar-refractivity contribution is 5.76. The summed E-state index contributed by atoms with van der Waals surface area (Å²) in [4.78, 5) is 11.2. The minimum atomic E-state index is -0.331. The molecule has 0 saturated heterocycles. The molecule has 0 amide bonds. The average Bonchev–Trinajstić information content (AvgIpc) is 2.30. The number of fused-ring (bicyclic) bond motifs is 1. The van der Waals surface area contributed by atoms with E-state index in [2.05, 4.69) is 13.8 Å². The zero-order valence-electron chi connectivity index (χ0n) is 12.2. The maximum absolute atomic E-state index is 11.2. The van der Waals surface area contributed by atoms with Crippen LogP contribution in [0.2, 0.25) is 0 Å². The molecule has 1 aromatic carbocycles. The number of hydrogen-bond donors (Lipinski definition) is 1. The van der Waals surface area contributed by atoms with E-state index in [-0.39, 0.29) is 11.6 Å². The van der Waals surface area contributed by atoms with Crippen LogP contribution in [-0.2, 0) is 11.2 Å². The molecule has 1 aliphatic heterocycles. The van der Waals surface area contributed by atoms with E-state index < -0.39 is 0 Å². The Morgan fingerprint density at radius 2 is 1.95 bits per heavy atom. The zero-order chi connectivity index (χ0) is 14.4. The maximum Gasteiger partial charge on any atom is 0.308 e. The van der Waals surface area contributed by atoms with Crippen molar-refractivity contribution in [3.8, 4) is 11.5 Å². The topological polar surface area (TPSA) is 61.5 Å². The molecule has 4 nitrogen and oxygen atoms in total. The predicted molar refractivity (Wildman–Crippen MR) is 74.7 cm³/mol. The standard InChI is InChI=1S/C15H21NO3/c1-8-11-6-7-15(4,5)19-14(11)12(16)9(2)13(8)18-10(3)17/h6-7,16H2,1-5H3. The summed E-state index contributed by atoms with van der Waals surface area (Å²) < 4.78 is 11.3. The summed E-state index contributed by atoms with van der Waals surface area (Å²) in [6, 6.07) is 0. The van der Waals surface area contributed by atoms with Gasteiger partial charge in [0.15, 0.2) is 0 Å². The fourth-order valence-electron chi connectivity index (χ4n) is 2.51. The Kier molecular flexibility index (Phi) is 3.20. The second kappa shape index (κ2) is 4.44. The maximum atomic E-state index is 11.2. The molecule has 0 radical (unpaired) electrons. The Bertz CT molecular complexity index is 547. The molecule has 0 unspecified atom stereocenters. The molecule has 0 spiro atoms. The van der Waals surface area contributed by atoms with Gasteiger partial charge in [0.2, 0.25) is 0 Å². The lowest BCUT2D eigenvalue weighted by Crippen LogP contribution is -2.33. The van der Waals surface area contributed by atoms with E-state index in [0.717, 1.165) is 35.3 Å². The van der Waals surface area contributed by atoms with Crippen LogP contribution < -0.4 is 15.2 Å². The molecular formula is C15H21NO3. The van der Waals surface area contributed by atoms with Crippen LogP contribution in [0.4, 0.5) is 5.69 Å². The largest absolute Gasteiger partial charge is 0.485 e. The normalized spacial score (nSPS) is 16.5. The number of hydrogen-bond acceptors (Lipinski definition) is 4. The number of nitrogens with two attached hydrogens (primary N) is 1. The number of carbonyl (C=O) groups is 1. The molecule has 0 fully saturated rings. The molecule has 19 heavy (non-hydrogen) atoms. The van der Waals surface area contributed by atoms with Crippen molar-refractivity contribution in [3.63, 3.8) is 0 Å². The highest BCUT2D eigenvalue weighted by Gasteiger charge is 2.31. The van der Waals surface area contributed by atoms with E-state index in [1.54, 1.807) is 0 Å². The van der Waals surface area contributed by atoms with Crippen molar-refractivity contribution < 1.29 is 14.3 Å². The van der Waals surface area contributed by atoms with E-state index in [4.69, 9.17) is 15.2 Å². The summed E-state index contributed by atoms with van der Waals surface area (Å²) in [7, 11) is 0. The van der Waals surface area contributed by atoms with Crippen LogP contribution in [0.5, 0.6) is 11.5 Å². The predicted octanol–water partition coefficient (Wildman–Crippen LogP) is 2.91. The number of ether oxygens (including phenoxy) is 2. The molecule has 1 aromatic rings. The molecule has 1 aliphatic rings. The summed E-state index contributed by atoms with van der Waals surface area (Å²) in [6.07, 6.45) is 1.80. The number of anilines is 1. The van der Waals surface area contributed by atoms with Crippen LogP contribution in [-0.4, -0.2) is 11.6 Å². The molecule has 0 bridgehead atoms. The highest BCUT2D eigenvalue weighted by atomic mass is 16.5. The first-order valence-corrected chi connectivity index (χ1v) is 6.52. The van der Waals surface area contributed by atoms with Crippen molar-refractivity contribution in [2.24, 2.45) is 0 Å². The van der Waals surface area contributed by atoms with Gasteiger partial charge in [0.05, 0.1) is 5.69 Å². The van der Waals surface area contributed by atoms with Gasteiger partial charge >= 0.3 is 5.97 Å². The van der Waals surface area contributed by atoms with E-state index in [0.29, 0.717) is 11.4 Å². The number of rotatable bonds is 1. The minimum Gasteiger partial charge on any atom is -0.485 e. The molecule has 104 valence electrons. The van der Waals surface area contributed by atoms with Crippen LogP contribution in [0.15, 0.2) is 0 Å². The molecule has 0 aromatic heterocycles. The molecule has 2 N–H and O–H groups in total. The second-order valence-electron chi connectivity index (χ2n) is 5.76. The van der Waals surface area contributed by atoms with E-state index in [9.17, 15) is 4.79 Å². The zero-order valence-corrected chi connectivity index (χ0v) is 12.2. The van der Waals surface area contributed by atoms with Crippen LogP contribution >= 0.6 is 0 Å². The molecule has 0 atom stereocenters. The van der Waals surface area contributed by atoms with Crippen molar-refractivity contribution in [3.05, 3.63) is 16.7 Å². The first kappa shape index (κ1) is 13.7. The van der Waals surface area contributed by atoms with Gasteiger partial charge in [-0.25, -0.2) is 0 Å². The smallest absolute Gasteiger partial charge is 0.308 e. The van der Waals surface area contributed by atoms with Gasteiger partial charge in [0.1, 0.15) is 17.1 Å². The third kappa shape index (κ3) is 2.39. The molecule has 2 rings (SSSR count). The lowest BCUT2D eigenvalue weighted by Gasteiger charge is -2.35. The fourth-order valence-corrected chi connectivity index (χ4v) is 2.51. The van der Waals surface area contributed by atoms with Crippen molar-refractivity contribution in [1.29, 1.82) is 0 Å². The number of benzene rings is 1. The third-order valence-electron chi connectivity index (χ3n) is 3.66. The molecule has 0 saturated carbocycles. The number of nitrogen functional groups attached to an aromatic ring is 1. The van der Waals surface area contributed by atoms with Gasteiger partial charge in [-0.3, -0.25) is 4.79 Å². The van der Waals surface area contributed by atoms with Crippen LogP contribution in [0.25, 0.3) is 0 Å².